The Bertz CT molecular complexity index is 4300. The van der Waals surface area contributed by atoms with Crippen LogP contribution in [0.4, 0.5) is 0 Å². The lowest BCUT2D eigenvalue weighted by Crippen LogP contribution is -1.90. The van der Waals surface area contributed by atoms with Gasteiger partial charge >= 0.3 is 0 Å². The van der Waals surface area contributed by atoms with Crippen LogP contribution in [-0.2, 0) is 0 Å². The monoisotopic (exact) mass is 826 g/mol. The molecule has 1 heteroatoms. The van der Waals surface area contributed by atoms with Crippen LogP contribution in [-0.4, -0.2) is 0 Å². The van der Waals surface area contributed by atoms with E-state index in [-0.39, 0.29) is 0 Å². The zero-order valence-electron chi connectivity index (χ0n) is 35.1. The van der Waals surface area contributed by atoms with Gasteiger partial charge in [-0.15, -0.1) is 11.3 Å². The number of aryl methyl sites for hydroxylation is 1. The van der Waals surface area contributed by atoms with E-state index >= 15 is 0 Å². The van der Waals surface area contributed by atoms with Crippen molar-refractivity contribution in [3.8, 4) is 33.4 Å². The van der Waals surface area contributed by atoms with E-state index < -0.39 is 0 Å². The highest BCUT2D eigenvalue weighted by Gasteiger charge is 2.19. The summed E-state index contributed by atoms with van der Waals surface area (Å²) in [6, 6.07) is 80.2. The Labute approximate surface area is 373 Å². The molecule has 0 N–H and O–H groups in total. The van der Waals surface area contributed by atoms with Gasteiger partial charge in [-0.3, -0.25) is 0 Å². The van der Waals surface area contributed by atoms with E-state index in [2.05, 4.69) is 219 Å². The third-order valence-electron chi connectivity index (χ3n) is 14.1. The molecule has 0 aliphatic rings. The van der Waals surface area contributed by atoms with Crippen LogP contribution in [0.3, 0.4) is 0 Å². The van der Waals surface area contributed by atoms with Gasteiger partial charge in [-0.05, 0) is 169 Å². The van der Waals surface area contributed by atoms with Crippen LogP contribution in [0.2, 0.25) is 0 Å². The molecule has 14 aromatic rings. The Hall–Kier alpha value is -7.84. The molecule has 0 saturated carbocycles. The van der Waals surface area contributed by atoms with Crippen molar-refractivity contribution in [3.05, 3.63) is 218 Å². The van der Waals surface area contributed by atoms with Crippen LogP contribution >= 0.6 is 11.3 Å². The largest absolute Gasteiger partial charge is 0.135 e. The Morgan fingerprint density at radius 3 is 1.48 bits per heavy atom. The summed E-state index contributed by atoms with van der Waals surface area (Å²) in [5.41, 5.74) is 8.75. The van der Waals surface area contributed by atoms with Crippen LogP contribution in [0.15, 0.2) is 212 Å². The lowest BCUT2D eigenvalue weighted by Gasteiger charge is -2.18. The minimum Gasteiger partial charge on any atom is -0.135 e. The normalized spacial score (nSPS) is 12.1. The van der Waals surface area contributed by atoms with Crippen LogP contribution in [0.1, 0.15) is 5.56 Å². The molecule has 64 heavy (non-hydrogen) atoms. The topological polar surface area (TPSA) is 0 Å². The quantitative estimate of drug-likeness (QED) is 0.156. The first-order valence-corrected chi connectivity index (χ1v) is 23.0. The standard InChI is InChI=1S/C63H38S/c1-37-21-23-38(24-22-37)41-25-28-50-53(31-41)54-32-42(26-29-51(54)59-36-62-60(35-58(50)59)63-44-15-5-3-12-40(44)27-30-61(63)64-62)52-33-56-49-19-9-8-18-48(49)55(34-57(56)47-17-7-6-16-46(47)52)45-20-10-13-39-11-2-4-14-43(39)45/h2-36H,1H3. The molecule has 0 nitrogen and oxygen atoms in total. The van der Waals surface area contributed by atoms with Crippen molar-refractivity contribution in [2.45, 2.75) is 6.92 Å². The molecule has 0 bridgehead atoms. The summed E-state index contributed by atoms with van der Waals surface area (Å²) in [5, 5.41) is 23.2. The van der Waals surface area contributed by atoms with Crippen LogP contribution < -0.4 is 0 Å². The van der Waals surface area contributed by atoms with Crippen molar-refractivity contribution in [1.29, 1.82) is 0 Å². The summed E-state index contributed by atoms with van der Waals surface area (Å²) in [5.74, 6) is 0. The Morgan fingerprint density at radius 1 is 0.250 bits per heavy atom. The van der Waals surface area contributed by atoms with Gasteiger partial charge in [0.1, 0.15) is 0 Å². The average Bonchev–Trinajstić information content (AvgIpc) is 3.73. The molecule has 0 fully saturated rings. The number of rotatable bonds is 3. The maximum Gasteiger partial charge on any atom is 0.0362 e. The highest BCUT2D eigenvalue weighted by atomic mass is 32.1. The first kappa shape index (κ1) is 35.7. The second-order valence-electron chi connectivity index (χ2n) is 17.6. The maximum atomic E-state index is 2.49. The minimum atomic E-state index is 1.23. The summed E-state index contributed by atoms with van der Waals surface area (Å²) in [6.07, 6.45) is 0. The lowest BCUT2D eigenvalue weighted by atomic mass is 9.85. The van der Waals surface area contributed by atoms with E-state index in [0.717, 1.165) is 0 Å². The van der Waals surface area contributed by atoms with E-state index in [4.69, 9.17) is 0 Å². The Balaban J connectivity index is 1.06. The first-order chi connectivity index (χ1) is 31.6. The third kappa shape index (κ3) is 5.22. The second-order valence-corrected chi connectivity index (χ2v) is 18.7. The third-order valence-corrected chi connectivity index (χ3v) is 15.2. The molecule has 0 aliphatic heterocycles. The SMILES string of the molecule is Cc1ccc(-c2ccc3c(c2)c2cc(-c4cc5c6ccccc6c(-c6cccc7ccccc67)cc5c5ccccc45)ccc2c2cc4sc5ccc6ccccc6c5c4cc32)cc1. The van der Waals surface area contributed by atoms with Gasteiger partial charge in [0.05, 0.1) is 0 Å². The van der Waals surface area contributed by atoms with E-state index in [1.807, 2.05) is 11.3 Å². The number of thiophene rings is 1. The summed E-state index contributed by atoms with van der Waals surface area (Å²) in [7, 11) is 0. The molecule has 14 rings (SSSR count). The summed E-state index contributed by atoms with van der Waals surface area (Å²) < 4.78 is 2.66. The van der Waals surface area contributed by atoms with Crippen molar-refractivity contribution in [1.82, 2.24) is 0 Å². The molecular formula is C63H38S. The molecule has 0 saturated heterocycles. The molecule has 0 spiro atoms. The van der Waals surface area contributed by atoms with Crippen LogP contribution in [0.25, 0.3) is 140 Å². The fraction of sp³-hybridized carbons (Fsp3) is 0.0159. The molecule has 296 valence electrons. The fourth-order valence-electron chi connectivity index (χ4n) is 11.0. The summed E-state index contributed by atoms with van der Waals surface area (Å²) in [6.45, 7) is 2.16. The predicted octanol–water partition coefficient (Wildman–Crippen LogP) is 18.6. The zero-order valence-corrected chi connectivity index (χ0v) is 35.9. The van der Waals surface area contributed by atoms with E-state index in [9.17, 15) is 0 Å². The Morgan fingerprint density at radius 2 is 0.750 bits per heavy atom. The van der Waals surface area contributed by atoms with Gasteiger partial charge in [0, 0.05) is 20.2 Å². The minimum absolute atomic E-state index is 1.23. The predicted molar refractivity (Wildman–Crippen MR) is 280 cm³/mol. The molecule has 0 atom stereocenters. The molecule has 1 aromatic heterocycles. The average molecular weight is 827 g/mol. The number of hydrogen-bond donors (Lipinski definition) is 0. The van der Waals surface area contributed by atoms with Crippen molar-refractivity contribution >= 4 is 118 Å². The van der Waals surface area contributed by atoms with Crippen LogP contribution in [0.5, 0.6) is 0 Å². The van der Waals surface area contributed by atoms with Gasteiger partial charge in [0.15, 0.2) is 0 Å². The molecule has 0 aliphatic carbocycles. The molecular weight excluding hydrogens is 789 g/mol. The van der Waals surface area contributed by atoms with Crippen molar-refractivity contribution in [3.63, 3.8) is 0 Å². The number of fused-ring (bicyclic) bond motifs is 17. The van der Waals surface area contributed by atoms with Gasteiger partial charge in [-0.25, -0.2) is 0 Å². The summed E-state index contributed by atoms with van der Waals surface area (Å²) in [4.78, 5) is 0. The summed E-state index contributed by atoms with van der Waals surface area (Å²) >= 11 is 1.91. The lowest BCUT2D eigenvalue weighted by molar-refractivity contribution is 1.47. The maximum absolute atomic E-state index is 2.49. The number of hydrogen-bond acceptors (Lipinski definition) is 1. The molecule has 1 heterocycles. The van der Waals surface area contributed by atoms with Gasteiger partial charge in [-0.2, -0.15) is 0 Å². The van der Waals surface area contributed by atoms with Crippen molar-refractivity contribution in [2.24, 2.45) is 0 Å². The fourth-order valence-corrected chi connectivity index (χ4v) is 12.2. The van der Waals surface area contributed by atoms with Gasteiger partial charge in [-0.1, -0.05) is 175 Å². The van der Waals surface area contributed by atoms with E-state index in [1.165, 1.54) is 145 Å². The zero-order chi connectivity index (χ0) is 42.0. The van der Waals surface area contributed by atoms with Gasteiger partial charge < -0.3 is 0 Å². The van der Waals surface area contributed by atoms with Crippen LogP contribution in [0, 0.1) is 6.92 Å². The van der Waals surface area contributed by atoms with Crippen molar-refractivity contribution < 1.29 is 0 Å². The second kappa shape index (κ2) is 13.6. The first-order valence-electron chi connectivity index (χ1n) is 22.2. The van der Waals surface area contributed by atoms with E-state index in [0.29, 0.717) is 0 Å². The number of benzene rings is 13. The molecule has 13 aromatic carbocycles. The highest BCUT2D eigenvalue weighted by molar-refractivity contribution is 7.26. The molecule has 0 unspecified atom stereocenters. The molecule has 0 radical (unpaired) electrons. The smallest absolute Gasteiger partial charge is 0.0362 e. The molecule has 0 amide bonds. The highest BCUT2D eigenvalue weighted by Crippen LogP contribution is 2.47. The Kier molecular flexibility index (Phi) is 7.58. The van der Waals surface area contributed by atoms with Gasteiger partial charge in [0.2, 0.25) is 0 Å². The van der Waals surface area contributed by atoms with Crippen molar-refractivity contribution in [2.75, 3.05) is 0 Å². The van der Waals surface area contributed by atoms with Gasteiger partial charge in [0.25, 0.3) is 0 Å². The van der Waals surface area contributed by atoms with E-state index in [1.54, 1.807) is 0 Å².